The number of hydrogen-bond acceptors (Lipinski definition) is 6. The summed E-state index contributed by atoms with van der Waals surface area (Å²) in [7, 11) is 0. The van der Waals surface area contributed by atoms with Crippen LogP contribution in [-0.4, -0.2) is 24.7 Å². The third-order valence-corrected chi connectivity index (χ3v) is 5.30. The Bertz CT molecular complexity index is 1220. The Labute approximate surface area is 165 Å². The molecule has 0 atom stereocenters. The van der Waals surface area contributed by atoms with E-state index in [2.05, 4.69) is 20.1 Å². The molecule has 0 aliphatic heterocycles. The summed E-state index contributed by atoms with van der Waals surface area (Å²) in [5, 5.41) is 6.28. The standard InChI is InChI=1S/C21H15N5OS/c1-3-7-15(8-4-1)20-25-16(12-27-20)13-28-21-18-11-24-26(19(18)22-14-23-21)17-9-5-2-6-10-17/h1-12,14H,13H2. The molecule has 28 heavy (non-hydrogen) atoms. The molecule has 0 aliphatic rings. The van der Waals surface area contributed by atoms with Crippen molar-refractivity contribution in [2.45, 2.75) is 10.8 Å². The molecule has 6 nitrogen and oxygen atoms in total. The highest BCUT2D eigenvalue weighted by molar-refractivity contribution is 7.98. The SMILES string of the molecule is c1ccc(-c2nc(CSc3ncnc4c3cnn4-c3ccccc3)co2)cc1. The van der Waals surface area contributed by atoms with Gasteiger partial charge in [-0.15, -0.1) is 0 Å². The molecule has 7 heteroatoms. The quantitative estimate of drug-likeness (QED) is 0.321. The van der Waals surface area contributed by atoms with Gasteiger partial charge in [0.2, 0.25) is 5.89 Å². The van der Waals surface area contributed by atoms with E-state index in [1.165, 1.54) is 0 Å². The maximum atomic E-state index is 5.61. The van der Waals surface area contributed by atoms with Crippen LogP contribution in [0.5, 0.6) is 0 Å². The lowest BCUT2D eigenvalue weighted by Crippen LogP contribution is -1.97. The second-order valence-corrected chi connectivity index (χ2v) is 7.07. The smallest absolute Gasteiger partial charge is 0.226 e. The van der Waals surface area contributed by atoms with Crippen LogP contribution in [0.2, 0.25) is 0 Å². The van der Waals surface area contributed by atoms with Gasteiger partial charge in [0.1, 0.15) is 17.6 Å². The van der Waals surface area contributed by atoms with Crippen molar-refractivity contribution in [1.82, 2.24) is 24.7 Å². The molecule has 0 saturated heterocycles. The Morgan fingerprint density at radius 2 is 1.71 bits per heavy atom. The highest BCUT2D eigenvalue weighted by Gasteiger charge is 2.13. The molecule has 0 spiro atoms. The van der Waals surface area contributed by atoms with Gasteiger partial charge in [0.05, 0.1) is 23.0 Å². The van der Waals surface area contributed by atoms with Crippen molar-refractivity contribution in [3.8, 4) is 17.1 Å². The fourth-order valence-corrected chi connectivity index (χ4v) is 3.76. The van der Waals surface area contributed by atoms with Crippen LogP contribution in [0.3, 0.4) is 0 Å². The lowest BCUT2D eigenvalue weighted by molar-refractivity contribution is 0.573. The van der Waals surface area contributed by atoms with Gasteiger partial charge < -0.3 is 4.42 Å². The van der Waals surface area contributed by atoms with Crippen molar-refractivity contribution >= 4 is 22.8 Å². The molecule has 0 bridgehead atoms. The van der Waals surface area contributed by atoms with Gasteiger partial charge in [-0.3, -0.25) is 0 Å². The number of fused-ring (bicyclic) bond motifs is 1. The van der Waals surface area contributed by atoms with Gasteiger partial charge in [-0.25, -0.2) is 19.6 Å². The minimum absolute atomic E-state index is 0.626. The average Bonchev–Trinajstić information content (AvgIpc) is 3.41. The molecular formula is C21H15N5OS. The summed E-state index contributed by atoms with van der Waals surface area (Å²) in [5.41, 5.74) is 3.59. The molecule has 0 saturated carbocycles. The first-order valence-corrected chi connectivity index (χ1v) is 9.74. The van der Waals surface area contributed by atoms with E-state index in [4.69, 9.17) is 4.42 Å². The maximum absolute atomic E-state index is 5.61. The zero-order valence-corrected chi connectivity index (χ0v) is 15.6. The fourth-order valence-electron chi connectivity index (χ4n) is 2.92. The molecule has 3 heterocycles. The Balaban J connectivity index is 1.39. The number of nitrogens with zero attached hydrogens (tertiary/aromatic N) is 5. The van der Waals surface area contributed by atoms with Gasteiger partial charge in [0, 0.05) is 11.3 Å². The molecule has 136 valence electrons. The fraction of sp³-hybridized carbons (Fsp3) is 0.0476. The second kappa shape index (κ2) is 7.28. The summed E-state index contributed by atoms with van der Waals surface area (Å²) < 4.78 is 7.44. The molecule has 0 amide bonds. The highest BCUT2D eigenvalue weighted by Crippen LogP contribution is 2.29. The van der Waals surface area contributed by atoms with Crippen LogP contribution in [0.25, 0.3) is 28.2 Å². The van der Waals surface area contributed by atoms with E-state index in [0.29, 0.717) is 11.6 Å². The zero-order valence-electron chi connectivity index (χ0n) is 14.8. The summed E-state index contributed by atoms with van der Waals surface area (Å²) in [6.07, 6.45) is 5.08. The van der Waals surface area contributed by atoms with E-state index in [0.717, 1.165) is 33.0 Å². The second-order valence-electron chi connectivity index (χ2n) is 6.11. The van der Waals surface area contributed by atoms with Crippen molar-refractivity contribution in [2.75, 3.05) is 0 Å². The van der Waals surface area contributed by atoms with E-state index < -0.39 is 0 Å². The van der Waals surface area contributed by atoms with Crippen molar-refractivity contribution in [2.24, 2.45) is 0 Å². The monoisotopic (exact) mass is 385 g/mol. The molecule has 5 rings (SSSR count). The molecular weight excluding hydrogens is 370 g/mol. The van der Waals surface area contributed by atoms with Crippen molar-refractivity contribution in [3.63, 3.8) is 0 Å². The van der Waals surface area contributed by atoms with Crippen LogP contribution in [-0.2, 0) is 5.75 Å². The molecule has 5 aromatic rings. The van der Waals surface area contributed by atoms with E-state index in [1.807, 2.05) is 71.5 Å². The van der Waals surface area contributed by atoms with Crippen LogP contribution in [0.15, 0.2) is 88.9 Å². The van der Waals surface area contributed by atoms with Gasteiger partial charge in [-0.2, -0.15) is 5.10 Å². The first kappa shape index (κ1) is 16.7. The number of oxazole rings is 1. The Morgan fingerprint density at radius 1 is 0.929 bits per heavy atom. The van der Waals surface area contributed by atoms with Crippen LogP contribution in [0, 0.1) is 0 Å². The first-order valence-electron chi connectivity index (χ1n) is 8.75. The number of aromatic nitrogens is 5. The van der Waals surface area contributed by atoms with Crippen LogP contribution in [0.1, 0.15) is 5.69 Å². The number of hydrogen-bond donors (Lipinski definition) is 0. The topological polar surface area (TPSA) is 69.6 Å². The van der Waals surface area contributed by atoms with E-state index in [9.17, 15) is 0 Å². The van der Waals surface area contributed by atoms with E-state index in [-0.39, 0.29) is 0 Å². The number of rotatable bonds is 5. The molecule has 0 unspecified atom stereocenters. The summed E-state index contributed by atoms with van der Waals surface area (Å²) in [6, 6.07) is 19.8. The molecule has 3 aromatic heterocycles. The van der Waals surface area contributed by atoms with Crippen LogP contribution < -0.4 is 0 Å². The lowest BCUT2D eigenvalue weighted by atomic mass is 10.2. The predicted octanol–water partition coefficient (Wildman–Crippen LogP) is 4.76. The molecule has 0 aliphatic carbocycles. The molecule has 2 aromatic carbocycles. The van der Waals surface area contributed by atoms with Gasteiger partial charge in [-0.05, 0) is 24.3 Å². The van der Waals surface area contributed by atoms with Crippen molar-refractivity contribution < 1.29 is 4.42 Å². The van der Waals surface area contributed by atoms with Crippen molar-refractivity contribution in [3.05, 3.63) is 85.1 Å². The van der Waals surface area contributed by atoms with Crippen LogP contribution in [0.4, 0.5) is 0 Å². The minimum atomic E-state index is 0.626. The summed E-state index contributed by atoms with van der Waals surface area (Å²) >= 11 is 1.59. The van der Waals surface area contributed by atoms with Gasteiger partial charge in [0.25, 0.3) is 0 Å². The van der Waals surface area contributed by atoms with Gasteiger partial charge in [0.15, 0.2) is 5.65 Å². The average molecular weight is 385 g/mol. The summed E-state index contributed by atoms with van der Waals surface area (Å²) in [4.78, 5) is 13.4. The van der Waals surface area contributed by atoms with Gasteiger partial charge in [-0.1, -0.05) is 48.2 Å². The van der Waals surface area contributed by atoms with Crippen LogP contribution >= 0.6 is 11.8 Å². The first-order chi connectivity index (χ1) is 13.9. The summed E-state index contributed by atoms with van der Waals surface area (Å²) in [6.45, 7) is 0. The largest absolute Gasteiger partial charge is 0.444 e. The third kappa shape index (κ3) is 3.16. The Hall–Kier alpha value is -3.45. The maximum Gasteiger partial charge on any atom is 0.226 e. The third-order valence-electron chi connectivity index (χ3n) is 4.26. The van der Waals surface area contributed by atoms with E-state index >= 15 is 0 Å². The normalized spacial score (nSPS) is 11.1. The van der Waals surface area contributed by atoms with Gasteiger partial charge >= 0.3 is 0 Å². The Morgan fingerprint density at radius 3 is 2.54 bits per heavy atom. The lowest BCUT2D eigenvalue weighted by Gasteiger charge is -2.03. The summed E-state index contributed by atoms with van der Waals surface area (Å²) in [5.74, 6) is 1.28. The molecule has 0 radical (unpaired) electrons. The number of benzene rings is 2. The molecule has 0 N–H and O–H groups in total. The minimum Gasteiger partial charge on any atom is -0.444 e. The molecule has 0 fully saturated rings. The zero-order chi connectivity index (χ0) is 18.8. The number of para-hydroxylation sites is 1. The van der Waals surface area contributed by atoms with E-state index in [1.54, 1.807) is 24.4 Å². The van der Waals surface area contributed by atoms with Crippen molar-refractivity contribution in [1.29, 1.82) is 0 Å². The Kier molecular flexibility index (Phi) is 4.34. The number of thioether (sulfide) groups is 1. The highest BCUT2D eigenvalue weighted by atomic mass is 32.2. The predicted molar refractivity (Wildman–Crippen MR) is 108 cm³/mol.